The van der Waals surface area contributed by atoms with Crippen LogP contribution in [0.5, 0.6) is 0 Å². The first kappa shape index (κ1) is 17.0. The lowest BCUT2D eigenvalue weighted by atomic mass is 9.96. The normalized spacial score (nSPS) is 22.4. The Morgan fingerprint density at radius 1 is 0.950 bits per heavy atom. The number of carbonyl (C=O) groups is 2. The summed E-state index contributed by atoms with van der Waals surface area (Å²) < 4.78 is 0. The highest BCUT2D eigenvalue weighted by Crippen LogP contribution is 2.28. The van der Waals surface area contributed by atoms with E-state index in [0.717, 1.165) is 19.3 Å². The minimum absolute atomic E-state index is 0.128. The average molecular weight is 281 g/mol. The Kier molecular flexibility index (Phi) is 8.31. The molecule has 2 atom stereocenters. The fraction of sp³-hybridized carbons (Fsp3) is 0.875. The highest BCUT2D eigenvalue weighted by atomic mass is 16.3. The summed E-state index contributed by atoms with van der Waals surface area (Å²) in [7, 11) is 0. The third-order valence-corrected chi connectivity index (χ3v) is 4.23. The highest BCUT2D eigenvalue weighted by molar-refractivity contribution is 6.41. The van der Waals surface area contributed by atoms with E-state index in [1.54, 1.807) is 0 Å². The summed E-state index contributed by atoms with van der Waals surface area (Å²) >= 11 is 0. The fourth-order valence-electron chi connectivity index (χ4n) is 2.94. The molecule has 1 aliphatic rings. The van der Waals surface area contributed by atoms with Crippen LogP contribution in [0.4, 0.5) is 0 Å². The van der Waals surface area contributed by atoms with Gasteiger partial charge in [0.2, 0.25) is 11.6 Å². The Balaban J connectivity index is 2.03. The van der Waals surface area contributed by atoms with Crippen LogP contribution in [0.25, 0.3) is 0 Å². The molecule has 0 saturated heterocycles. The largest absolute Gasteiger partial charge is 0.291 e. The lowest BCUT2D eigenvalue weighted by Gasteiger charge is -2.10. The van der Waals surface area contributed by atoms with Crippen molar-refractivity contribution in [2.24, 2.45) is 11.1 Å². The van der Waals surface area contributed by atoms with Crippen molar-refractivity contribution in [3.63, 3.8) is 0 Å². The number of unbranched alkanes of at least 4 members (excludes halogenated alkanes) is 8. The molecule has 0 aromatic heterocycles. The van der Waals surface area contributed by atoms with Crippen molar-refractivity contribution < 1.29 is 9.59 Å². The van der Waals surface area contributed by atoms with E-state index in [-0.39, 0.29) is 12.3 Å². The van der Waals surface area contributed by atoms with Gasteiger partial charge < -0.3 is 0 Å². The quantitative estimate of drug-likeness (QED) is 0.324. The van der Waals surface area contributed by atoms with Gasteiger partial charge in [-0.2, -0.15) is 4.91 Å². The Hall–Kier alpha value is -1.06. The maximum Gasteiger partial charge on any atom is 0.226 e. The summed E-state index contributed by atoms with van der Waals surface area (Å²) in [5.41, 5.74) is 0. The molecule has 0 spiro atoms. The maximum absolute atomic E-state index is 11.4. The SMILES string of the molecule is CCCCCCCCCCCC1CC(=O)C(=O)C1N=O. The first-order valence-corrected chi connectivity index (χ1v) is 8.10. The lowest BCUT2D eigenvalue weighted by Crippen LogP contribution is -2.20. The summed E-state index contributed by atoms with van der Waals surface area (Å²) in [6, 6.07) is -0.892. The van der Waals surface area contributed by atoms with Gasteiger partial charge in [-0.1, -0.05) is 69.9 Å². The van der Waals surface area contributed by atoms with E-state index in [0.29, 0.717) is 0 Å². The van der Waals surface area contributed by atoms with Gasteiger partial charge in [0.05, 0.1) is 0 Å². The van der Waals surface area contributed by atoms with Crippen LogP contribution in [0.15, 0.2) is 5.18 Å². The molecule has 0 amide bonds. The fourth-order valence-corrected chi connectivity index (χ4v) is 2.94. The van der Waals surface area contributed by atoms with Crippen molar-refractivity contribution in [3.8, 4) is 0 Å². The molecule has 0 heterocycles. The van der Waals surface area contributed by atoms with E-state index in [2.05, 4.69) is 12.1 Å². The summed E-state index contributed by atoms with van der Waals surface area (Å²) in [5, 5.41) is 2.84. The van der Waals surface area contributed by atoms with Gasteiger partial charge in [-0.15, -0.1) is 0 Å². The van der Waals surface area contributed by atoms with Crippen LogP contribution >= 0.6 is 0 Å². The van der Waals surface area contributed by atoms with Crippen molar-refractivity contribution in [1.29, 1.82) is 0 Å². The minimum atomic E-state index is -0.892. The van der Waals surface area contributed by atoms with Gasteiger partial charge in [0.15, 0.2) is 6.04 Å². The van der Waals surface area contributed by atoms with Crippen LogP contribution in [0.1, 0.15) is 77.6 Å². The van der Waals surface area contributed by atoms with Crippen molar-refractivity contribution in [2.75, 3.05) is 0 Å². The number of rotatable bonds is 11. The zero-order valence-electron chi connectivity index (χ0n) is 12.6. The molecular formula is C16H27NO3. The van der Waals surface area contributed by atoms with Crippen molar-refractivity contribution >= 4 is 11.6 Å². The second-order valence-corrected chi connectivity index (χ2v) is 5.92. The predicted octanol–water partition coefficient (Wildman–Crippen LogP) is 4.20. The van der Waals surface area contributed by atoms with Gasteiger partial charge in [0, 0.05) is 6.42 Å². The van der Waals surface area contributed by atoms with Gasteiger partial charge in [0.1, 0.15) is 0 Å². The van der Waals surface area contributed by atoms with Gasteiger partial charge in [-0.3, -0.25) is 9.59 Å². The lowest BCUT2D eigenvalue weighted by molar-refractivity contribution is -0.134. The smallest absolute Gasteiger partial charge is 0.226 e. The first-order chi connectivity index (χ1) is 9.70. The van der Waals surface area contributed by atoms with Crippen molar-refractivity contribution in [2.45, 2.75) is 83.6 Å². The second kappa shape index (κ2) is 9.78. The molecule has 1 saturated carbocycles. The average Bonchev–Trinajstić information content (AvgIpc) is 2.72. The Morgan fingerprint density at radius 2 is 1.50 bits per heavy atom. The van der Waals surface area contributed by atoms with Gasteiger partial charge in [0.25, 0.3) is 0 Å². The molecule has 0 aromatic carbocycles. The third kappa shape index (κ3) is 5.51. The number of Topliss-reactive ketones (excluding diaryl/α,β-unsaturated/α-hetero) is 2. The van der Waals surface area contributed by atoms with Gasteiger partial charge in [-0.25, -0.2) is 0 Å². The molecule has 0 bridgehead atoms. The van der Waals surface area contributed by atoms with Crippen LogP contribution in [0, 0.1) is 10.8 Å². The molecule has 1 rings (SSSR count). The summed E-state index contributed by atoms with van der Waals surface area (Å²) in [4.78, 5) is 33.2. The molecule has 4 nitrogen and oxygen atoms in total. The van der Waals surface area contributed by atoms with Crippen LogP contribution in [-0.2, 0) is 9.59 Å². The molecule has 0 aliphatic heterocycles. The Morgan fingerprint density at radius 3 is 2.05 bits per heavy atom. The maximum atomic E-state index is 11.4. The molecule has 1 fully saturated rings. The zero-order valence-corrected chi connectivity index (χ0v) is 12.6. The van der Waals surface area contributed by atoms with Crippen LogP contribution in [-0.4, -0.2) is 17.6 Å². The van der Waals surface area contributed by atoms with E-state index in [1.165, 1.54) is 44.9 Å². The van der Waals surface area contributed by atoms with Gasteiger partial charge in [-0.05, 0) is 12.3 Å². The molecular weight excluding hydrogens is 254 g/mol. The molecule has 0 N–H and O–H groups in total. The molecule has 20 heavy (non-hydrogen) atoms. The monoisotopic (exact) mass is 281 g/mol. The van der Waals surface area contributed by atoms with E-state index in [4.69, 9.17) is 0 Å². The van der Waals surface area contributed by atoms with E-state index in [1.807, 2.05) is 0 Å². The van der Waals surface area contributed by atoms with Crippen LogP contribution in [0.2, 0.25) is 0 Å². The standard InChI is InChI=1S/C16H27NO3/c1-2-3-4-5-6-7-8-9-10-11-13-12-14(18)16(19)15(13)17-20/h13,15H,2-12H2,1H3. The number of nitrogens with zero attached hydrogens (tertiary/aromatic N) is 1. The minimum Gasteiger partial charge on any atom is -0.291 e. The molecule has 0 radical (unpaired) electrons. The van der Waals surface area contributed by atoms with Crippen LogP contribution < -0.4 is 0 Å². The highest BCUT2D eigenvalue weighted by Gasteiger charge is 2.41. The third-order valence-electron chi connectivity index (χ3n) is 4.23. The molecule has 114 valence electrons. The summed E-state index contributed by atoms with van der Waals surface area (Å²) in [6.07, 6.45) is 12.2. The number of hydrogen-bond donors (Lipinski definition) is 0. The first-order valence-electron chi connectivity index (χ1n) is 8.10. The number of nitroso groups, excluding NO2 is 1. The molecule has 2 unspecified atom stereocenters. The molecule has 0 aromatic rings. The Bertz CT molecular complexity index is 328. The molecule has 4 heteroatoms. The number of ketones is 2. The van der Waals surface area contributed by atoms with E-state index < -0.39 is 17.6 Å². The van der Waals surface area contributed by atoms with Crippen molar-refractivity contribution in [1.82, 2.24) is 0 Å². The van der Waals surface area contributed by atoms with Crippen molar-refractivity contribution in [3.05, 3.63) is 4.91 Å². The second-order valence-electron chi connectivity index (χ2n) is 5.92. The Labute approximate surface area is 121 Å². The van der Waals surface area contributed by atoms with Crippen LogP contribution in [0.3, 0.4) is 0 Å². The van der Waals surface area contributed by atoms with E-state index in [9.17, 15) is 14.5 Å². The molecule has 1 aliphatic carbocycles. The van der Waals surface area contributed by atoms with E-state index >= 15 is 0 Å². The van der Waals surface area contributed by atoms with Gasteiger partial charge >= 0.3 is 0 Å². The number of hydrogen-bond acceptors (Lipinski definition) is 4. The summed E-state index contributed by atoms with van der Waals surface area (Å²) in [6.45, 7) is 2.22. The topological polar surface area (TPSA) is 63.6 Å². The number of carbonyl (C=O) groups excluding carboxylic acids is 2. The summed E-state index contributed by atoms with van der Waals surface area (Å²) in [5.74, 6) is -1.10. The zero-order chi connectivity index (χ0) is 14.8. The predicted molar refractivity (Wildman–Crippen MR) is 79.5 cm³/mol.